The van der Waals surface area contributed by atoms with Crippen LogP contribution < -0.4 is 5.32 Å². The first kappa shape index (κ1) is 31.0. The fourth-order valence-electron chi connectivity index (χ4n) is 4.97. The molecule has 4 rings (SSSR count). The number of benzene rings is 3. The number of aliphatic hydroxyl groups excluding tert-OH is 1. The van der Waals surface area contributed by atoms with Gasteiger partial charge < -0.3 is 29.3 Å². The van der Waals surface area contributed by atoms with Gasteiger partial charge in [-0.2, -0.15) is 0 Å². The zero-order valence-electron chi connectivity index (χ0n) is 26.2. The first-order valence-corrected chi connectivity index (χ1v) is 15.7. The van der Waals surface area contributed by atoms with Crippen LogP contribution in [0.5, 0.6) is 0 Å². The molecule has 1 amide bonds. The Morgan fingerprint density at radius 3 is 1.84 bits per heavy atom. The summed E-state index contributed by atoms with van der Waals surface area (Å²) in [7, 11) is -4.05. The number of nitrogens with one attached hydrogen (secondary N) is 1. The van der Waals surface area contributed by atoms with Crippen molar-refractivity contribution in [3.8, 4) is 11.1 Å². The monoisotopic (exact) mass is 610 g/mol. The van der Waals surface area contributed by atoms with Crippen molar-refractivity contribution < 1.29 is 39.5 Å². The van der Waals surface area contributed by atoms with E-state index in [0.29, 0.717) is 5.56 Å². The second kappa shape index (κ2) is 12.6. The predicted octanol–water partition coefficient (Wildman–Crippen LogP) is 7.04. The SMILES string of the molecule is [2H]C(OC(=O)N[C@@H](Cc1ccc(C(O)P(=O)(OC(C)(C)C)OC(C)(C)C)cc1)C(=O)O)C1c2ccccc2-c2ccccc21. The van der Waals surface area contributed by atoms with Crippen molar-refractivity contribution in [3.05, 3.63) is 95.1 Å². The Hall–Kier alpha value is -3.49. The quantitative estimate of drug-likeness (QED) is 0.209. The van der Waals surface area contributed by atoms with Gasteiger partial charge in [-0.3, -0.25) is 4.57 Å². The first-order chi connectivity index (χ1) is 20.5. The number of aliphatic hydroxyl groups is 1. The summed E-state index contributed by atoms with van der Waals surface area (Å²) in [4.78, 5) is 24.9. The van der Waals surface area contributed by atoms with Crippen molar-refractivity contribution in [3.63, 3.8) is 0 Å². The fourth-order valence-corrected chi connectivity index (χ4v) is 7.27. The highest BCUT2D eigenvalue weighted by atomic mass is 31.2. The summed E-state index contributed by atoms with van der Waals surface area (Å²) in [6.45, 7) is 8.94. The Labute approximate surface area is 254 Å². The van der Waals surface area contributed by atoms with E-state index < -0.39 is 55.2 Å². The molecule has 2 unspecified atom stereocenters. The molecule has 1 aliphatic carbocycles. The molecule has 0 saturated heterocycles. The number of hydrogen-bond donors (Lipinski definition) is 3. The predicted molar refractivity (Wildman–Crippen MR) is 164 cm³/mol. The smallest absolute Gasteiger partial charge is 0.407 e. The van der Waals surface area contributed by atoms with Crippen LogP contribution in [0.3, 0.4) is 0 Å². The zero-order chi connectivity index (χ0) is 32.4. The first-order valence-electron chi connectivity index (χ1n) is 14.6. The second-order valence-corrected chi connectivity index (χ2v) is 14.4. The summed E-state index contributed by atoms with van der Waals surface area (Å²) in [6, 6.07) is 20.1. The highest BCUT2D eigenvalue weighted by Gasteiger charge is 2.43. The lowest BCUT2D eigenvalue weighted by molar-refractivity contribution is -0.139. The van der Waals surface area contributed by atoms with E-state index in [1.165, 1.54) is 12.1 Å². The maximum Gasteiger partial charge on any atom is 0.407 e. The van der Waals surface area contributed by atoms with Gasteiger partial charge in [-0.05, 0) is 74.9 Å². The highest BCUT2D eigenvalue weighted by molar-refractivity contribution is 7.54. The molecule has 3 aromatic rings. The van der Waals surface area contributed by atoms with Crippen LogP contribution in [0.25, 0.3) is 11.1 Å². The molecule has 0 radical (unpaired) electrons. The number of fused-ring (bicyclic) bond motifs is 3. The van der Waals surface area contributed by atoms with Gasteiger partial charge in [0.05, 0.1) is 12.6 Å². The van der Waals surface area contributed by atoms with E-state index in [1.54, 1.807) is 53.7 Å². The van der Waals surface area contributed by atoms with E-state index in [1.807, 2.05) is 48.5 Å². The lowest BCUT2D eigenvalue weighted by Crippen LogP contribution is -2.42. The second-order valence-electron chi connectivity index (χ2n) is 12.5. The van der Waals surface area contributed by atoms with E-state index in [0.717, 1.165) is 22.3 Å². The summed E-state index contributed by atoms with van der Waals surface area (Å²) in [5.41, 5.74) is 2.73. The molecule has 9 nitrogen and oxygen atoms in total. The minimum Gasteiger partial charge on any atom is -0.480 e. The van der Waals surface area contributed by atoms with Crippen molar-refractivity contribution in [1.29, 1.82) is 0 Å². The van der Waals surface area contributed by atoms with Crippen LogP contribution in [-0.4, -0.2) is 46.1 Å². The van der Waals surface area contributed by atoms with Gasteiger partial charge in [-0.15, -0.1) is 0 Å². The Kier molecular flexibility index (Phi) is 9.09. The number of carbonyl (C=O) groups excluding carboxylic acids is 1. The molecular formula is C33H40NO8P. The number of hydrogen-bond acceptors (Lipinski definition) is 7. The standard InChI is InChI=1S/C33H40NO8P/c1-32(2,3)41-43(39,42-33(4,5)6)30(37)22-17-15-21(16-18-22)19-28(29(35)36)34-31(38)40-20-27-25-13-9-7-11-23(25)24-12-8-10-14-26(24)27/h7-18,27-28,30,37H,19-20H2,1-6H3,(H,34,38)(H,35,36)/t28-,30?/m0/s1/i20D/t20?,28-,30?. The maximum atomic E-state index is 13.7. The van der Waals surface area contributed by atoms with Crippen LogP contribution in [-0.2, 0) is 29.6 Å². The van der Waals surface area contributed by atoms with E-state index in [4.69, 9.17) is 15.2 Å². The molecule has 10 heteroatoms. The van der Waals surface area contributed by atoms with Crippen LogP contribution in [0, 0.1) is 0 Å². The largest absolute Gasteiger partial charge is 0.480 e. The van der Waals surface area contributed by atoms with Gasteiger partial charge in [-0.1, -0.05) is 72.8 Å². The summed E-state index contributed by atoms with van der Waals surface area (Å²) in [5.74, 6) is -3.39. The van der Waals surface area contributed by atoms with Crippen molar-refractivity contribution in [2.75, 3.05) is 6.58 Å². The minimum absolute atomic E-state index is 0.104. The number of rotatable bonds is 10. The van der Waals surface area contributed by atoms with Crippen LogP contribution >= 0.6 is 7.60 Å². The van der Waals surface area contributed by atoms with E-state index in [2.05, 4.69) is 5.32 Å². The molecule has 0 fully saturated rings. The Morgan fingerprint density at radius 2 is 1.37 bits per heavy atom. The van der Waals surface area contributed by atoms with Crippen LogP contribution in [0.15, 0.2) is 72.8 Å². The third kappa shape index (κ3) is 8.12. The normalized spacial score (nSPS) is 15.9. The van der Waals surface area contributed by atoms with Gasteiger partial charge in [0.2, 0.25) is 0 Å². The van der Waals surface area contributed by atoms with Crippen molar-refractivity contribution in [1.82, 2.24) is 5.32 Å². The van der Waals surface area contributed by atoms with Crippen molar-refractivity contribution >= 4 is 19.7 Å². The summed E-state index contributed by atoms with van der Waals surface area (Å²) in [5, 5.41) is 23.2. The molecule has 0 bridgehead atoms. The molecule has 3 aromatic carbocycles. The summed E-state index contributed by atoms with van der Waals surface area (Å²) in [6.07, 6.45) is -1.13. The van der Waals surface area contributed by atoms with E-state index in [-0.39, 0.29) is 12.0 Å². The number of alkyl carbamates (subject to hydrolysis) is 1. The van der Waals surface area contributed by atoms with Gasteiger partial charge in [0, 0.05) is 12.3 Å². The molecule has 230 valence electrons. The van der Waals surface area contributed by atoms with E-state index in [9.17, 15) is 24.4 Å². The molecule has 0 saturated carbocycles. The Morgan fingerprint density at radius 1 is 0.884 bits per heavy atom. The lowest BCUT2D eigenvalue weighted by atomic mass is 9.98. The Balaban J connectivity index is 1.44. The number of carboxylic acid groups (broad SMARTS) is 1. The van der Waals surface area contributed by atoms with Gasteiger partial charge in [-0.25, -0.2) is 9.59 Å². The average Bonchev–Trinajstić information content (AvgIpc) is 3.25. The molecule has 0 heterocycles. The Bertz CT molecular complexity index is 1480. The maximum absolute atomic E-state index is 13.7. The van der Waals surface area contributed by atoms with Crippen LogP contribution in [0.4, 0.5) is 4.79 Å². The van der Waals surface area contributed by atoms with Gasteiger partial charge in [0.1, 0.15) is 12.6 Å². The van der Waals surface area contributed by atoms with Crippen molar-refractivity contribution in [2.24, 2.45) is 0 Å². The fraction of sp³-hybridized carbons (Fsp3) is 0.394. The third-order valence-electron chi connectivity index (χ3n) is 6.60. The molecule has 0 spiro atoms. The molecule has 3 atom stereocenters. The number of carbonyl (C=O) groups is 2. The molecule has 43 heavy (non-hydrogen) atoms. The molecule has 1 aliphatic rings. The zero-order valence-corrected chi connectivity index (χ0v) is 26.1. The number of carboxylic acids is 1. The summed E-state index contributed by atoms with van der Waals surface area (Å²) < 4.78 is 39.2. The van der Waals surface area contributed by atoms with Crippen LogP contribution in [0.1, 0.15) is 76.9 Å². The molecular weight excluding hydrogens is 569 g/mol. The molecule has 0 aliphatic heterocycles. The van der Waals surface area contributed by atoms with Crippen molar-refractivity contribution in [2.45, 2.75) is 77.0 Å². The minimum atomic E-state index is -4.05. The lowest BCUT2D eigenvalue weighted by Gasteiger charge is -2.34. The number of aliphatic carboxylic acids is 1. The average molecular weight is 611 g/mol. The third-order valence-corrected chi connectivity index (χ3v) is 9.10. The van der Waals surface area contributed by atoms with Gasteiger partial charge in [0.15, 0.2) is 5.85 Å². The number of amides is 1. The van der Waals surface area contributed by atoms with Crippen LogP contribution in [0.2, 0.25) is 0 Å². The molecule has 0 aromatic heterocycles. The van der Waals surface area contributed by atoms with Gasteiger partial charge >= 0.3 is 19.7 Å². The highest BCUT2D eigenvalue weighted by Crippen LogP contribution is 2.63. The topological polar surface area (TPSA) is 131 Å². The van der Waals surface area contributed by atoms with E-state index >= 15 is 0 Å². The summed E-state index contributed by atoms with van der Waals surface area (Å²) >= 11 is 0. The number of ether oxygens (including phenoxy) is 1. The van der Waals surface area contributed by atoms with Gasteiger partial charge in [0.25, 0.3) is 0 Å². The molecule has 3 N–H and O–H groups in total.